The maximum Gasteiger partial charge on any atom is 0.452 e. The van der Waals surface area contributed by atoms with E-state index < -0.39 is 17.9 Å². The highest BCUT2D eigenvalue weighted by molar-refractivity contribution is 5.88. The number of aromatic nitrogens is 2. The summed E-state index contributed by atoms with van der Waals surface area (Å²) in [5, 5.41) is 4.10. The average molecular weight is 398 g/mol. The smallest absolute Gasteiger partial charge is 0.452 e. The molecule has 0 bridgehead atoms. The summed E-state index contributed by atoms with van der Waals surface area (Å²) in [6, 6.07) is 6.51. The normalized spacial score (nSPS) is 12.0. The van der Waals surface area contributed by atoms with Gasteiger partial charge in [0.15, 0.2) is 0 Å². The van der Waals surface area contributed by atoms with E-state index in [1.165, 1.54) is 23.9 Å². The second kappa shape index (κ2) is 9.82. The predicted octanol–water partition coefficient (Wildman–Crippen LogP) is 4.32. The van der Waals surface area contributed by atoms with Crippen LogP contribution in [-0.2, 0) is 16.0 Å². The number of halogens is 3. The van der Waals surface area contributed by atoms with E-state index in [1.54, 1.807) is 24.4 Å². The van der Waals surface area contributed by atoms with Gasteiger partial charge < -0.3 is 14.2 Å². The number of carbonyl (C=O) groups is 1. The number of nitrogens with zero attached hydrogens (tertiary/aromatic N) is 2. The second-order valence-electron chi connectivity index (χ2n) is 5.74. The molecule has 1 aromatic carbocycles. The van der Waals surface area contributed by atoms with Crippen molar-refractivity contribution in [1.29, 1.82) is 0 Å². The number of rotatable bonds is 9. The lowest BCUT2D eigenvalue weighted by molar-refractivity contribution is -0.132. The van der Waals surface area contributed by atoms with Crippen LogP contribution >= 0.6 is 0 Å². The summed E-state index contributed by atoms with van der Waals surface area (Å²) >= 11 is 0. The average Bonchev–Trinajstić information content (AvgIpc) is 3.11. The van der Waals surface area contributed by atoms with E-state index >= 15 is 0 Å². The molecule has 28 heavy (non-hydrogen) atoms. The van der Waals surface area contributed by atoms with Gasteiger partial charge in [-0.2, -0.15) is 18.3 Å². The van der Waals surface area contributed by atoms with Gasteiger partial charge >= 0.3 is 12.1 Å². The second-order valence-corrected chi connectivity index (χ2v) is 5.74. The molecule has 6 nitrogen and oxygen atoms in total. The maximum atomic E-state index is 12.8. The standard InChI is InChI=1S/C19H21F3N2O4/c1-3-8-27-18(25)15-10-23-24(12-15)11-14-6-5-7-16(9-14)28-13-17(26-4-2)19(20,21)22/h5-7,9-10,12-13H,3-4,8,11H2,1-2H3/b17-13-. The lowest BCUT2D eigenvalue weighted by Gasteiger charge is -2.12. The third-order valence-corrected chi connectivity index (χ3v) is 3.43. The molecule has 9 heteroatoms. The van der Waals surface area contributed by atoms with Crippen molar-refractivity contribution < 1.29 is 32.2 Å². The Labute approximate surface area is 160 Å². The van der Waals surface area contributed by atoms with Gasteiger partial charge in [-0.25, -0.2) is 4.79 Å². The summed E-state index contributed by atoms with van der Waals surface area (Å²) in [4.78, 5) is 11.8. The monoisotopic (exact) mass is 398 g/mol. The van der Waals surface area contributed by atoms with Crippen molar-refractivity contribution in [3.63, 3.8) is 0 Å². The first kappa shape index (κ1) is 21.3. The largest absolute Gasteiger partial charge is 0.487 e. The molecule has 0 saturated heterocycles. The van der Waals surface area contributed by atoms with Crippen molar-refractivity contribution in [3.05, 3.63) is 59.8 Å². The number of alkyl halides is 3. The number of hydrogen-bond donors (Lipinski definition) is 0. The topological polar surface area (TPSA) is 62.6 Å². The number of esters is 1. The van der Waals surface area contributed by atoms with Gasteiger partial charge in [0, 0.05) is 6.20 Å². The maximum absolute atomic E-state index is 12.8. The molecule has 0 aliphatic carbocycles. The number of allylic oxidation sites excluding steroid dienone is 1. The van der Waals surface area contributed by atoms with E-state index in [4.69, 9.17) is 9.47 Å². The van der Waals surface area contributed by atoms with Gasteiger partial charge in [-0.1, -0.05) is 19.1 Å². The van der Waals surface area contributed by atoms with E-state index in [2.05, 4.69) is 9.84 Å². The van der Waals surface area contributed by atoms with Crippen LogP contribution in [0.5, 0.6) is 5.75 Å². The number of hydrogen-bond acceptors (Lipinski definition) is 5. The van der Waals surface area contributed by atoms with Crippen LogP contribution in [0.2, 0.25) is 0 Å². The van der Waals surface area contributed by atoms with Crippen molar-refractivity contribution in [2.75, 3.05) is 13.2 Å². The molecule has 0 spiro atoms. The SMILES string of the molecule is CCCOC(=O)c1cnn(Cc2cccc(O/C=C(\OCC)C(F)(F)F)c2)c1. The predicted molar refractivity (Wildman–Crippen MR) is 94.7 cm³/mol. The summed E-state index contributed by atoms with van der Waals surface area (Å²) in [6.07, 6.45) is -0.425. The molecule has 0 aliphatic heterocycles. The Morgan fingerprint density at radius 1 is 1.25 bits per heavy atom. The van der Waals surface area contributed by atoms with E-state index in [0.29, 0.717) is 25.0 Å². The molecule has 0 N–H and O–H groups in total. The minimum absolute atomic E-state index is 0.128. The molecule has 152 valence electrons. The Morgan fingerprint density at radius 2 is 2.04 bits per heavy atom. The first-order chi connectivity index (χ1) is 13.3. The first-order valence-corrected chi connectivity index (χ1v) is 8.68. The van der Waals surface area contributed by atoms with E-state index in [0.717, 1.165) is 12.0 Å². The third kappa shape index (κ3) is 6.33. The van der Waals surface area contributed by atoms with Crippen LogP contribution in [0.15, 0.2) is 48.7 Å². The highest BCUT2D eigenvalue weighted by Gasteiger charge is 2.36. The van der Waals surface area contributed by atoms with Crippen LogP contribution in [0.25, 0.3) is 0 Å². The molecule has 0 fully saturated rings. The molecule has 1 heterocycles. The third-order valence-electron chi connectivity index (χ3n) is 3.43. The van der Waals surface area contributed by atoms with Gasteiger partial charge in [-0.05, 0) is 31.0 Å². The van der Waals surface area contributed by atoms with Gasteiger partial charge in [0.05, 0.1) is 31.5 Å². The van der Waals surface area contributed by atoms with Crippen LogP contribution in [0.4, 0.5) is 13.2 Å². The molecular formula is C19H21F3N2O4. The zero-order chi connectivity index (χ0) is 20.6. The molecule has 0 amide bonds. The summed E-state index contributed by atoms with van der Waals surface area (Å²) in [7, 11) is 0. The molecule has 0 radical (unpaired) electrons. The fourth-order valence-electron chi connectivity index (χ4n) is 2.20. The Balaban J connectivity index is 2.05. The van der Waals surface area contributed by atoms with E-state index in [9.17, 15) is 18.0 Å². The zero-order valence-electron chi connectivity index (χ0n) is 15.5. The summed E-state index contributed by atoms with van der Waals surface area (Å²) < 4.78 is 54.6. The van der Waals surface area contributed by atoms with Crippen LogP contribution in [-0.4, -0.2) is 35.1 Å². The van der Waals surface area contributed by atoms with Gasteiger partial charge in [-0.3, -0.25) is 4.68 Å². The van der Waals surface area contributed by atoms with Crippen molar-refractivity contribution in [3.8, 4) is 5.75 Å². The fraction of sp³-hybridized carbons (Fsp3) is 0.368. The van der Waals surface area contributed by atoms with Crippen LogP contribution in [0.3, 0.4) is 0 Å². The summed E-state index contributed by atoms with van der Waals surface area (Å²) in [6.45, 7) is 3.86. The first-order valence-electron chi connectivity index (χ1n) is 8.68. The van der Waals surface area contributed by atoms with Gasteiger partial charge in [0.1, 0.15) is 12.0 Å². The van der Waals surface area contributed by atoms with Crippen LogP contribution in [0, 0.1) is 0 Å². The number of benzene rings is 1. The van der Waals surface area contributed by atoms with Crippen molar-refractivity contribution in [2.45, 2.75) is 33.0 Å². The van der Waals surface area contributed by atoms with Crippen LogP contribution in [0.1, 0.15) is 36.2 Å². The van der Waals surface area contributed by atoms with E-state index in [1.807, 2.05) is 6.92 Å². The quantitative estimate of drug-likeness (QED) is 0.465. The molecule has 0 unspecified atom stereocenters. The zero-order valence-corrected chi connectivity index (χ0v) is 15.5. The molecule has 2 rings (SSSR count). The Kier molecular flexibility index (Phi) is 7.48. The molecular weight excluding hydrogens is 377 g/mol. The lowest BCUT2D eigenvalue weighted by atomic mass is 10.2. The summed E-state index contributed by atoms with van der Waals surface area (Å²) in [5.41, 5.74) is 1.06. The summed E-state index contributed by atoms with van der Waals surface area (Å²) in [5.74, 6) is -1.44. The Hall–Kier alpha value is -2.97. The van der Waals surface area contributed by atoms with Crippen LogP contribution < -0.4 is 4.74 Å². The van der Waals surface area contributed by atoms with Crippen molar-refractivity contribution in [2.24, 2.45) is 0 Å². The minimum atomic E-state index is -4.63. The van der Waals surface area contributed by atoms with Crippen molar-refractivity contribution >= 4 is 5.97 Å². The molecule has 0 aliphatic rings. The van der Waals surface area contributed by atoms with Crippen molar-refractivity contribution in [1.82, 2.24) is 9.78 Å². The molecule has 0 atom stereocenters. The van der Waals surface area contributed by atoms with Gasteiger partial charge in [0.25, 0.3) is 0 Å². The lowest BCUT2D eigenvalue weighted by Crippen LogP contribution is -2.15. The fourth-order valence-corrected chi connectivity index (χ4v) is 2.20. The molecule has 1 aromatic heterocycles. The molecule has 2 aromatic rings. The van der Waals surface area contributed by atoms with Gasteiger partial charge in [0.2, 0.25) is 5.76 Å². The molecule has 0 saturated carbocycles. The van der Waals surface area contributed by atoms with Gasteiger partial charge in [-0.15, -0.1) is 0 Å². The highest BCUT2D eigenvalue weighted by Crippen LogP contribution is 2.27. The highest BCUT2D eigenvalue weighted by atomic mass is 19.4. The van der Waals surface area contributed by atoms with E-state index in [-0.39, 0.29) is 12.4 Å². The Bertz CT molecular complexity index is 816. The minimum Gasteiger partial charge on any atom is -0.487 e. The Morgan fingerprint density at radius 3 is 2.71 bits per heavy atom. The number of ether oxygens (including phenoxy) is 3. The number of carbonyl (C=O) groups excluding carboxylic acids is 1.